The fourth-order valence-electron chi connectivity index (χ4n) is 2.19. The van der Waals surface area contributed by atoms with Crippen molar-refractivity contribution in [2.24, 2.45) is 0 Å². The highest BCUT2D eigenvalue weighted by Crippen LogP contribution is 2.21. The molecule has 21 heavy (non-hydrogen) atoms. The quantitative estimate of drug-likeness (QED) is 0.800. The van der Waals surface area contributed by atoms with Crippen LogP contribution >= 0.6 is 11.6 Å². The molecule has 0 saturated carbocycles. The normalized spacial score (nSPS) is 18.4. The van der Waals surface area contributed by atoms with E-state index in [1.807, 2.05) is 0 Å². The Morgan fingerprint density at radius 2 is 2.29 bits per heavy atom. The molecule has 8 heteroatoms. The number of rotatable bonds is 3. The summed E-state index contributed by atoms with van der Waals surface area (Å²) in [6.07, 6.45) is 1.78. The van der Waals surface area contributed by atoms with E-state index in [2.05, 4.69) is 15.6 Å². The number of nitrogens with zero attached hydrogens (tertiary/aromatic N) is 2. The summed E-state index contributed by atoms with van der Waals surface area (Å²) >= 11 is 6.00. The average Bonchev–Trinajstić information content (AvgIpc) is 2.45. The summed E-state index contributed by atoms with van der Waals surface area (Å²) in [5.41, 5.74) is 0.236. The van der Waals surface area contributed by atoms with E-state index in [1.165, 1.54) is 17.2 Å². The van der Waals surface area contributed by atoms with Crippen LogP contribution in [0, 0.1) is 0 Å². The zero-order chi connectivity index (χ0) is 15.6. The first-order valence-corrected chi connectivity index (χ1v) is 6.83. The van der Waals surface area contributed by atoms with Gasteiger partial charge in [0.1, 0.15) is 18.4 Å². The topological polar surface area (TPSA) is 91.4 Å². The first-order chi connectivity index (χ1) is 9.97. The van der Waals surface area contributed by atoms with Crippen LogP contribution in [-0.4, -0.2) is 47.2 Å². The van der Waals surface area contributed by atoms with Crippen molar-refractivity contribution in [3.05, 3.63) is 22.8 Å². The van der Waals surface area contributed by atoms with Crippen molar-refractivity contribution in [3.63, 3.8) is 0 Å². The van der Waals surface area contributed by atoms with Crippen molar-refractivity contribution >= 4 is 35.1 Å². The van der Waals surface area contributed by atoms with E-state index in [4.69, 9.17) is 11.6 Å². The van der Waals surface area contributed by atoms with Crippen LogP contribution in [0.3, 0.4) is 0 Å². The number of aromatic nitrogens is 1. The molecule has 0 aromatic carbocycles. The van der Waals surface area contributed by atoms with Crippen molar-refractivity contribution in [3.8, 4) is 0 Å². The molecule has 112 valence electrons. The fraction of sp³-hybridized carbons (Fsp3) is 0.385. The van der Waals surface area contributed by atoms with Crippen molar-refractivity contribution in [1.82, 2.24) is 15.2 Å². The summed E-state index contributed by atoms with van der Waals surface area (Å²) in [6, 6.07) is 0.796. The smallest absolute Gasteiger partial charge is 0.256 e. The summed E-state index contributed by atoms with van der Waals surface area (Å²) in [5, 5.41) is 5.31. The van der Waals surface area contributed by atoms with Crippen LogP contribution in [0.15, 0.2) is 12.3 Å². The van der Waals surface area contributed by atoms with Gasteiger partial charge in [0.15, 0.2) is 0 Å². The van der Waals surface area contributed by atoms with Gasteiger partial charge in [-0.15, -0.1) is 0 Å². The summed E-state index contributed by atoms with van der Waals surface area (Å²) in [6.45, 7) is 1.62. The molecule has 0 bridgehead atoms. The van der Waals surface area contributed by atoms with E-state index in [0.29, 0.717) is 17.3 Å². The van der Waals surface area contributed by atoms with Gasteiger partial charge >= 0.3 is 0 Å². The highest BCUT2D eigenvalue weighted by molar-refractivity contribution is 6.33. The highest BCUT2D eigenvalue weighted by Gasteiger charge is 2.36. The molecule has 0 aliphatic carbocycles. The monoisotopic (exact) mass is 310 g/mol. The molecule has 1 aliphatic rings. The molecule has 3 amide bonds. The molecule has 2 rings (SSSR count). The Labute approximate surface area is 126 Å². The molecule has 1 aromatic heterocycles. The lowest BCUT2D eigenvalue weighted by Crippen LogP contribution is -2.59. The van der Waals surface area contributed by atoms with E-state index in [0.717, 1.165) is 0 Å². The average molecular weight is 311 g/mol. The second-order valence-corrected chi connectivity index (χ2v) is 4.98. The van der Waals surface area contributed by atoms with Crippen LogP contribution in [0.5, 0.6) is 0 Å². The number of hydrogen-bond donors (Lipinski definition) is 2. The second-order valence-electron chi connectivity index (χ2n) is 4.57. The third-order valence-corrected chi connectivity index (χ3v) is 3.52. The fourth-order valence-corrected chi connectivity index (χ4v) is 2.45. The zero-order valence-electron chi connectivity index (χ0n) is 11.6. The minimum atomic E-state index is -0.669. The van der Waals surface area contributed by atoms with Crippen molar-refractivity contribution < 1.29 is 14.4 Å². The minimum Gasteiger partial charge on any atom is -0.372 e. The number of pyridine rings is 1. The van der Waals surface area contributed by atoms with E-state index in [9.17, 15) is 14.4 Å². The van der Waals surface area contributed by atoms with Gasteiger partial charge in [-0.05, 0) is 12.5 Å². The SMILES string of the molecule is CCC1C(=O)NC(=O)CN1C(=O)c1cnc(NC)c(Cl)c1. The molecule has 0 radical (unpaired) electrons. The van der Waals surface area contributed by atoms with Crippen molar-refractivity contribution in [2.45, 2.75) is 19.4 Å². The second kappa shape index (κ2) is 6.09. The third-order valence-electron chi connectivity index (χ3n) is 3.23. The van der Waals surface area contributed by atoms with Crippen LogP contribution in [0.4, 0.5) is 5.82 Å². The molecule has 0 spiro atoms. The van der Waals surface area contributed by atoms with E-state index < -0.39 is 23.8 Å². The molecular weight excluding hydrogens is 296 g/mol. The number of carbonyl (C=O) groups excluding carboxylic acids is 3. The van der Waals surface area contributed by atoms with Gasteiger partial charge in [0.25, 0.3) is 5.91 Å². The van der Waals surface area contributed by atoms with Gasteiger partial charge in [-0.2, -0.15) is 0 Å². The van der Waals surface area contributed by atoms with Gasteiger partial charge < -0.3 is 10.2 Å². The standard InChI is InChI=1S/C13H15ClN4O3/c1-3-9-12(20)17-10(19)6-18(9)13(21)7-4-8(14)11(15-2)16-5-7/h4-5,9H,3,6H2,1-2H3,(H,15,16)(H,17,19,20). The molecule has 1 fully saturated rings. The molecule has 1 aromatic rings. The number of halogens is 1. The lowest BCUT2D eigenvalue weighted by molar-refractivity contribution is -0.138. The van der Waals surface area contributed by atoms with Crippen molar-refractivity contribution in [1.29, 1.82) is 0 Å². The predicted molar refractivity (Wildman–Crippen MR) is 77.1 cm³/mol. The molecule has 1 unspecified atom stereocenters. The number of hydrogen-bond acceptors (Lipinski definition) is 5. The van der Waals surface area contributed by atoms with E-state index in [-0.39, 0.29) is 12.1 Å². The molecule has 7 nitrogen and oxygen atoms in total. The van der Waals surface area contributed by atoms with Crippen LogP contribution in [0.1, 0.15) is 23.7 Å². The number of nitrogens with one attached hydrogen (secondary N) is 2. The largest absolute Gasteiger partial charge is 0.372 e. The summed E-state index contributed by atoms with van der Waals surface area (Å²) < 4.78 is 0. The van der Waals surface area contributed by atoms with Crippen molar-refractivity contribution in [2.75, 3.05) is 18.9 Å². The lowest BCUT2D eigenvalue weighted by atomic mass is 10.1. The van der Waals surface area contributed by atoms with Gasteiger partial charge in [0.2, 0.25) is 11.8 Å². The van der Waals surface area contributed by atoms with Gasteiger partial charge in [-0.1, -0.05) is 18.5 Å². The zero-order valence-corrected chi connectivity index (χ0v) is 12.4. The number of carbonyl (C=O) groups is 3. The Morgan fingerprint density at radius 1 is 1.57 bits per heavy atom. The summed E-state index contributed by atoms with van der Waals surface area (Å²) in [7, 11) is 1.66. The van der Waals surface area contributed by atoms with Crippen LogP contribution in [0.25, 0.3) is 0 Å². The maximum atomic E-state index is 12.5. The first-order valence-electron chi connectivity index (χ1n) is 6.45. The van der Waals surface area contributed by atoms with E-state index in [1.54, 1.807) is 14.0 Å². The molecular formula is C13H15ClN4O3. The first kappa shape index (κ1) is 15.2. The Hall–Kier alpha value is -2.15. The van der Waals surface area contributed by atoms with Gasteiger partial charge in [0, 0.05) is 13.2 Å². The van der Waals surface area contributed by atoms with Crippen LogP contribution < -0.4 is 10.6 Å². The highest BCUT2D eigenvalue weighted by atomic mass is 35.5. The van der Waals surface area contributed by atoms with Gasteiger partial charge in [0.05, 0.1) is 10.6 Å². The van der Waals surface area contributed by atoms with E-state index >= 15 is 0 Å². The maximum Gasteiger partial charge on any atom is 0.256 e. The minimum absolute atomic E-state index is 0.158. The van der Waals surface area contributed by atoms with Gasteiger partial charge in [-0.3, -0.25) is 19.7 Å². The number of imide groups is 1. The Kier molecular flexibility index (Phi) is 4.42. The maximum absolute atomic E-state index is 12.5. The Bertz CT molecular complexity index is 605. The number of piperazine rings is 1. The Morgan fingerprint density at radius 3 is 2.86 bits per heavy atom. The molecule has 1 aliphatic heterocycles. The molecule has 2 N–H and O–H groups in total. The predicted octanol–water partition coefficient (Wildman–Crippen LogP) is 0.654. The summed E-state index contributed by atoms with van der Waals surface area (Å²) in [5.74, 6) is -0.952. The third kappa shape index (κ3) is 2.97. The Balaban J connectivity index is 2.31. The summed E-state index contributed by atoms with van der Waals surface area (Å²) in [4.78, 5) is 41.0. The molecule has 2 heterocycles. The molecule has 1 atom stereocenters. The van der Waals surface area contributed by atoms with Crippen LogP contribution in [0.2, 0.25) is 5.02 Å². The molecule has 1 saturated heterocycles. The number of anilines is 1. The number of amides is 3. The van der Waals surface area contributed by atoms with Crippen LogP contribution in [-0.2, 0) is 9.59 Å². The lowest BCUT2D eigenvalue weighted by Gasteiger charge is -2.33. The van der Waals surface area contributed by atoms with Gasteiger partial charge in [-0.25, -0.2) is 4.98 Å².